The largest absolute Gasteiger partial charge is 0.383 e. The molecule has 2 rings (SSSR count). The van der Waals surface area contributed by atoms with Crippen LogP contribution in [0.15, 0.2) is 29.3 Å². The van der Waals surface area contributed by atoms with Gasteiger partial charge in [-0.05, 0) is 24.3 Å². The maximum Gasteiger partial charge on any atom is 0.191 e. The van der Waals surface area contributed by atoms with Gasteiger partial charge in [-0.25, -0.2) is 4.39 Å². The van der Waals surface area contributed by atoms with Crippen molar-refractivity contribution in [3.8, 4) is 0 Å². The molecule has 118 valence electrons. The van der Waals surface area contributed by atoms with Crippen LogP contribution in [-0.4, -0.2) is 57.3 Å². The molecule has 0 saturated carbocycles. The maximum absolute atomic E-state index is 12.9. The van der Waals surface area contributed by atoms with Crippen molar-refractivity contribution in [2.75, 3.05) is 51.3 Å². The third kappa shape index (κ3) is 5.31. The van der Waals surface area contributed by atoms with E-state index in [4.69, 9.17) is 10.5 Å². The Hall–Kier alpha value is -1.09. The number of nitrogens with zero attached hydrogens (tertiary/aromatic N) is 3. The molecule has 21 heavy (non-hydrogen) atoms. The molecule has 0 aliphatic carbocycles. The minimum Gasteiger partial charge on any atom is -0.383 e. The van der Waals surface area contributed by atoms with Crippen LogP contribution in [0.25, 0.3) is 0 Å². The van der Waals surface area contributed by atoms with Gasteiger partial charge >= 0.3 is 0 Å². The average Bonchev–Trinajstić information content (AvgIpc) is 2.48. The summed E-state index contributed by atoms with van der Waals surface area (Å²) < 4.78 is 17.8. The molecule has 5 nitrogen and oxygen atoms in total. The Bertz CT molecular complexity index is 447. The number of aliphatic imine (C=N–C) groups is 1. The van der Waals surface area contributed by atoms with Crippen molar-refractivity contribution in [1.29, 1.82) is 0 Å². The van der Waals surface area contributed by atoms with Gasteiger partial charge in [0.05, 0.1) is 13.2 Å². The van der Waals surface area contributed by atoms with Crippen LogP contribution in [0, 0.1) is 5.82 Å². The van der Waals surface area contributed by atoms with E-state index in [1.807, 2.05) is 0 Å². The summed E-state index contributed by atoms with van der Waals surface area (Å²) in [4.78, 5) is 8.56. The van der Waals surface area contributed by atoms with Gasteiger partial charge in [0.15, 0.2) is 5.96 Å². The minimum absolute atomic E-state index is 0. The van der Waals surface area contributed by atoms with Crippen molar-refractivity contribution in [3.63, 3.8) is 0 Å². The van der Waals surface area contributed by atoms with Crippen molar-refractivity contribution in [3.05, 3.63) is 30.1 Å². The van der Waals surface area contributed by atoms with Crippen LogP contribution in [0.5, 0.6) is 0 Å². The first-order valence-electron chi connectivity index (χ1n) is 6.75. The summed E-state index contributed by atoms with van der Waals surface area (Å²) in [6.45, 7) is 4.51. The summed E-state index contributed by atoms with van der Waals surface area (Å²) in [5, 5.41) is 0. The smallest absolute Gasteiger partial charge is 0.191 e. The normalized spacial score (nSPS) is 15.8. The Balaban J connectivity index is 0.00000220. The molecule has 7 heteroatoms. The number of hydrogen-bond acceptors (Lipinski definition) is 3. The van der Waals surface area contributed by atoms with Gasteiger partial charge in [-0.3, -0.25) is 4.99 Å². The summed E-state index contributed by atoms with van der Waals surface area (Å²) in [5.41, 5.74) is 6.99. The lowest BCUT2D eigenvalue weighted by atomic mass is 10.2. The van der Waals surface area contributed by atoms with Crippen LogP contribution >= 0.6 is 24.0 Å². The molecular formula is C14H22FIN4O. The first kappa shape index (κ1) is 18.0. The molecule has 0 radical (unpaired) electrons. The Morgan fingerprint density at radius 2 is 1.86 bits per heavy atom. The molecule has 2 N–H and O–H groups in total. The summed E-state index contributed by atoms with van der Waals surface area (Å²) in [6.07, 6.45) is 0. The van der Waals surface area contributed by atoms with Gasteiger partial charge in [0.1, 0.15) is 5.82 Å². The van der Waals surface area contributed by atoms with E-state index >= 15 is 0 Å². The SMILES string of the molecule is COCCN=C(N)N1CCN(c2ccc(F)cc2)CC1.I. The zero-order chi connectivity index (χ0) is 14.4. The summed E-state index contributed by atoms with van der Waals surface area (Å²) >= 11 is 0. The third-order valence-electron chi connectivity index (χ3n) is 3.36. The molecule has 0 amide bonds. The zero-order valence-electron chi connectivity index (χ0n) is 12.2. The number of methoxy groups -OCH3 is 1. The highest BCUT2D eigenvalue weighted by Crippen LogP contribution is 2.16. The third-order valence-corrected chi connectivity index (χ3v) is 3.36. The van der Waals surface area contributed by atoms with Gasteiger partial charge < -0.3 is 20.3 Å². The van der Waals surface area contributed by atoms with Crippen molar-refractivity contribution in [2.24, 2.45) is 10.7 Å². The van der Waals surface area contributed by atoms with Gasteiger partial charge in [0, 0.05) is 39.0 Å². The fraction of sp³-hybridized carbons (Fsp3) is 0.500. The number of halogens is 2. The first-order chi connectivity index (χ1) is 9.70. The topological polar surface area (TPSA) is 54.1 Å². The predicted octanol–water partition coefficient (Wildman–Crippen LogP) is 1.53. The number of hydrogen-bond donors (Lipinski definition) is 1. The summed E-state index contributed by atoms with van der Waals surface area (Å²) in [6, 6.07) is 6.59. The van der Waals surface area contributed by atoms with Crippen molar-refractivity contribution >= 4 is 35.6 Å². The molecule has 1 aromatic rings. The standard InChI is InChI=1S/C14H21FN4O.HI/c1-20-11-6-17-14(16)19-9-7-18(8-10-19)13-4-2-12(15)3-5-13;/h2-5H,6-11H2,1H3,(H2,16,17);1H. The van der Waals surface area contributed by atoms with Crippen LogP contribution in [0.2, 0.25) is 0 Å². The van der Waals surface area contributed by atoms with Gasteiger partial charge in [0.2, 0.25) is 0 Å². The number of ether oxygens (including phenoxy) is 1. The maximum atomic E-state index is 12.9. The molecule has 1 aliphatic rings. The Morgan fingerprint density at radius 1 is 1.24 bits per heavy atom. The lowest BCUT2D eigenvalue weighted by Gasteiger charge is -2.36. The second-order valence-electron chi connectivity index (χ2n) is 4.68. The Kier molecular flexibility index (Phi) is 7.73. The van der Waals surface area contributed by atoms with Crippen LogP contribution in [-0.2, 0) is 4.74 Å². The average molecular weight is 408 g/mol. The number of benzene rings is 1. The van der Waals surface area contributed by atoms with E-state index < -0.39 is 0 Å². The molecule has 0 spiro atoms. The minimum atomic E-state index is -0.207. The molecule has 0 unspecified atom stereocenters. The molecular weight excluding hydrogens is 386 g/mol. The summed E-state index contributed by atoms with van der Waals surface area (Å²) in [5.74, 6) is 0.364. The molecule has 0 bridgehead atoms. The molecule has 1 heterocycles. The summed E-state index contributed by atoms with van der Waals surface area (Å²) in [7, 11) is 1.65. The molecule has 1 aromatic carbocycles. The fourth-order valence-electron chi connectivity index (χ4n) is 2.20. The fourth-order valence-corrected chi connectivity index (χ4v) is 2.20. The number of piperazine rings is 1. The number of anilines is 1. The molecule has 0 atom stereocenters. The van der Waals surface area contributed by atoms with E-state index in [1.54, 1.807) is 19.2 Å². The first-order valence-corrected chi connectivity index (χ1v) is 6.75. The van der Waals surface area contributed by atoms with Crippen LogP contribution in [0.1, 0.15) is 0 Å². The predicted molar refractivity (Wildman–Crippen MR) is 94.0 cm³/mol. The van der Waals surface area contributed by atoms with Crippen LogP contribution < -0.4 is 10.6 Å². The second kappa shape index (κ2) is 9.04. The van der Waals surface area contributed by atoms with E-state index in [-0.39, 0.29) is 29.8 Å². The lowest BCUT2D eigenvalue weighted by Crippen LogP contribution is -2.51. The molecule has 0 aromatic heterocycles. The van der Waals surface area contributed by atoms with Crippen molar-refractivity contribution in [1.82, 2.24) is 4.90 Å². The molecule has 1 fully saturated rings. The highest BCUT2D eigenvalue weighted by atomic mass is 127. The Morgan fingerprint density at radius 3 is 2.43 bits per heavy atom. The Labute approximate surface area is 142 Å². The number of guanidine groups is 1. The highest BCUT2D eigenvalue weighted by Gasteiger charge is 2.18. The molecule has 1 aliphatic heterocycles. The van der Waals surface area contributed by atoms with Crippen LogP contribution in [0.3, 0.4) is 0 Å². The quantitative estimate of drug-likeness (QED) is 0.356. The van der Waals surface area contributed by atoms with Gasteiger partial charge in [-0.1, -0.05) is 0 Å². The van der Waals surface area contributed by atoms with Crippen LogP contribution in [0.4, 0.5) is 10.1 Å². The highest BCUT2D eigenvalue weighted by molar-refractivity contribution is 14.0. The van der Waals surface area contributed by atoms with E-state index in [9.17, 15) is 4.39 Å². The van der Waals surface area contributed by atoms with E-state index in [1.165, 1.54) is 12.1 Å². The van der Waals surface area contributed by atoms with Crippen molar-refractivity contribution < 1.29 is 9.13 Å². The van der Waals surface area contributed by atoms with Gasteiger partial charge in [0.25, 0.3) is 0 Å². The van der Waals surface area contributed by atoms with E-state index in [0.717, 1.165) is 31.9 Å². The second-order valence-corrected chi connectivity index (χ2v) is 4.68. The zero-order valence-corrected chi connectivity index (χ0v) is 14.5. The van der Waals surface area contributed by atoms with Gasteiger partial charge in [-0.2, -0.15) is 0 Å². The van der Waals surface area contributed by atoms with Gasteiger partial charge in [-0.15, -0.1) is 24.0 Å². The monoisotopic (exact) mass is 408 g/mol. The molecule has 1 saturated heterocycles. The number of rotatable bonds is 4. The van der Waals surface area contributed by atoms with E-state index in [0.29, 0.717) is 19.1 Å². The van der Waals surface area contributed by atoms with E-state index in [2.05, 4.69) is 14.8 Å². The lowest BCUT2D eigenvalue weighted by molar-refractivity contribution is 0.207. The number of nitrogens with two attached hydrogens (primary N) is 1. The van der Waals surface area contributed by atoms with Crippen molar-refractivity contribution in [2.45, 2.75) is 0 Å².